The number of quaternary nitrogens is 2. The van der Waals surface area contributed by atoms with Gasteiger partial charge in [-0.25, -0.2) is 0 Å². The van der Waals surface area contributed by atoms with Crippen molar-refractivity contribution in [3.63, 3.8) is 0 Å². The minimum absolute atomic E-state index is 0.958. The molecule has 0 spiro atoms. The van der Waals surface area contributed by atoms with Gasteiger partial charge in [0, 0.05) is 10.4 Å². The van der Waals surface area contributed by atoms with Gasteiger partial charge in [0.15, 0.2) is 0 Å². The molecule has 0 bridgehead atoms. The monoisotopic (exact) mass is 158 g/mol. The molecule has 0 radical (unpaired) electrons. The van der Waals surface area contributed by atoms with Crippen molar-refractivity contribution in [1.29, 1.82) is 0 Å². The van der Waals surface area contributed by atoms with E-state index in [1.165, 1.54) is 0 Å². The summed E-state index contributed by atoms with van der Waals surface area (Å²) in [7, 11) is -5.17. The van der Waals surface area contributed by atoms with Gasteiger partial charge in [-0.05, 0) is 0 Å². The lowest BCUT2D eigenvalue weighted by Gasteiger charge is -2.06. The summed E-state index contributed by atoms with van der Waals surface area (Å²) in [6.07, 6.45) is 0. The van der Waals surface area contributed by atoms with Crippen molar-refractivity contribution in [3.05, 3.63) is 0 Å². The third-order valence-corrected chi connectivity index (χ3v) is 0.250. The topological polar surface area (TPSA) is 136 Å². The normalized spacial score (nSPS) is 9.78. The minimum atomic E-state index is -5.17. The standard InChI is InChI=1S/C2H8N2.H2O4S/c3-1-2-4;1-5(2,3)4/h1-4H2;(H2,1,2,3,4). The van der Waals surface area contributed by atoms with Gasteiger partial charge in [0.25, 0.3) is 0 Å². The first-order valence-corrected chi connectivity index (χ1v) is 3.50. The first-order chi connectivity index (χ1) is 3.91. The molecule has 0 aliphatic rings. The Bertz CT molecular complexity index is 120. The van der Waals surface area contributed by atoms with E-state index < -0.39 is 10.4 Å². The summed E-state index contributed by atoms with van der Waals surface area (Å²) in [4.78, 5) is 0. The molecule has 0 atom stereocenters. The lowest BCUT2D eigenvalue weighted by molar-refractivity contribution is -0.453. The van der Waals surface area contributed by atoms with Crippen LogP contribution in [0.4, 0.5) is 0 Å². The van der Waals surface area contributed by atoms with Gasteiger partial charge in [0.05, 0.1) is 0 Å². The van der Waals surface area contributed by atoms with Crippen molar-refractivity contribution >= 4 is 10.4 Å². The van der Waals surface area contributed by atoms with Crippen LogP contribution in [0.1, 0.15) is 0 Å². The molecule has 0 saturated heterocycles. The zero-order chi connectivity index (χ0) is 7.91. The molecular weight excluding hydrogens is 148 g/mol. The van der Waals surface area contributed by atoms with Gasteiger partial charge in [0.1, 0.15) is 13.1 Å². The van der Waals surface area contributed by atoms with Crippen LogP contribution in [0.15, 0.2) is 0 Å². The van der Waals surface area contributed by atoms with Crippen LogP contribution in [-0.2, 0) is 10.4 Å². The third kappa shape index (κ3) is 418. The summed E-state index contributed by atoms with van der Waals surface area (Å²) < 4.78 is 34.1. The van der Waals surface area contributed by atoms with Gasteiger partial charge in [-0.15, -0.1) is 0 Å². The quantitative estimate of drug-likeness (QED) is 0.298. The van der Waals surface area contributed by atoms with Crippen molar-refractivity contribution < 1.29 is 29.0 Å². The van der Waals surface area contributed by atoms with Gasteiger partial charge in [-0.3, -0.25) is 8.42 Å². The Morgan fingerprint density at radius 1 is 1.11 bits per heavy atom. The average molecular weight is 158 g/mol. The molecule has 0 aromatic rings. The van der Waals surface area contributed by atoms with Crippen molar-refractivity contribution in [2.75, 3.05) is 13.1 Å². The molecule has 0 aromatic carbocycles. The van der Waals surface area contributed by atoms with Gasteiger partial charge < -0.3 is 20.6 Å². The van der Waals surface area contributed by atoms with E-state index in [9.17, 15) is 0 Å². The van der Waals surface area contributed by atoms with Crippen LogP contribution in [0.2, 0.25) is 0 Å². The second-order valence-corrected chi connectivity index (χ2v) is 1.93. The van der Waals surface area contributed by atoms with Crippen LogP contribution in [0, 0.1) is 0 Å². The second kappa shape index (κ2) is 5.92. The van der Waals surface area contributed by atoms with Crippen molar-refractivity contribution in [2.45, 2.75) is 0 Å². The molecule has 0 aromatic heterocycles. The number of hydrogen-bond acceptors (Lipinski definition) is 4. The second-order valence-electron chi connectivity index (χ2n) is 1.12. The zero-order valence-electron chi connectivity index (χ0n) is 4.87. The third-order valence-electron chi connectivity index (χ3n) is 0.250. The van der Waals surface area contributed by atoms with Crippen molar-refractivity contribution in [2.24, 2.45) is 0 Å². The molecule has 0 aliphatic carbocycles. The van der Waals surface area contributed by atoms with E-state index in [2.05, 4.69) is 11.5 Å². The molecule has 0 rings (SSSR count). The highest BCUT2D eigenvalue weighted by Crippen LogP contribution is 1.57. The Morgan fingerprint density at radius 3 is 1.22 bits per heavy atom. The van der Waals surface area contributed by atoms with Crippen molar-refractivity contribution in [3.8, 4) is 0 Å². The predicted octanol–water partition coefficient (Wildman–Crippen LogP) is -3.87. The Hall–Kier alpha value is -0.210. The molecule has 0 saturated carbocycles. The average Bonchev–Trinajstić information content (AvgIpc) is 1.61. The number of hydrogen-bond donors (Lipinski definition) is 2. The van der Waals surface area contributed by atoms with Gasteiger partial charge in [-0.1, -0.05) is 0 Å². The van der Waals surface area contributed by atoms with Gasteiger partial charge in [-0.2, -0.15) is 0 Å². The molecule has 6 nitrogen and oxygen atoms in total. The van der Waals surface area contributed by atoms with Gasteiger partial charge in [0.2, 0.25) is 0 Å². The first-order valence-electron chi connectivity index (χ1n) is 2.17. The SMILES string of the molecule is O=S(=O)([O-])[O-].[NH3+]CC[NH3+]. The number of rotatable bonds is 1. The molecule has 0 amide bonds. The zero-order valence-corrected chi connectivity index (χ0v) is 5.69. The summed E-state index contributed by atoms with van der Waals surface area (Å²) in [6.45, 7) is 1.92. The van der Waals surface area contributed by atoms with Crippen LogP contribution in [0.3, 0.4) is 0 Å². The smallest absolute Gasteiger partial charge is 0.124 e. The largest absolute Gasteiger partial charge is 0.759 e. The van der Waals surface area contributed by atoms with E-state index in [0.29, 0.717) is 0 Å². The van der Waals surface area contributed by atoms with Crippen LogP contribution in [0.25, 0.3) is 0 Å². The van der Waals surface area contributed by atoms with E-state index in [-0.39, 0.29) is 0 Å². The molecule has 7 heteroatoms. The highest BCUT2D eigenvalue weighted by Gasteiger charge is 1.63. The summed E-state index contributed by atoms with van der Waals surface area (Å²) in [5.41, 5.74) is 7.08. The van der Waals surface area contributed by atoms with Crippen LogP contribution < -0.4 is 11.5 Å². The van der Waals surface area contributed by atoms with Crippen LogP contribution >= 0.6 is 0 Å². The summed E-state index contributed by atoms with van der Waals surface area (Å²) >= 11 is 0. The highest BCUT2D eigenvalue weighted by atomic mass is 32.3. The molecule has 58 valence electrons. The Kier molecular flexibility index (Phi) is 7.61. The summed E-state index contributed by atoms with van der Waals surface area (Å²) in [5, 5.41) is 0. The molecule has 6 N–H and O–H groups in total. The van der Waals surface area contributed by atoms with E-state index in [1.54, 1.807) is 0 Å². The summed E-state index contributed by atoms with van der Waals surface area (Å²) in [5.74, 6) is 0. The molecule has 0 aliphatic heterocycles. The highest BCUT2D eigenvalue weighted by molar-refractivity contribution is 7.79. The fraction of sp³-hybridized carbons (Fsp3) is 1.00. The Labute approximate surface area is 53.4 Å². The predicted molar refractivity (Wildman–Crippen MR) is 26.0 cm³/mol. The Morgan fingerprint density at radius 2 is 1.22 bits per heavy atom. The lowest BCUT2D eigenvalue weighted by atomic mass is 10.7. The van der Waals surface area contributed by atoms with Gasteiger partial charge >= 0.3 is 0 Å². The maximum atomic E-state index is 8.52. The fourth-order valence-electron chi connectivity index (χ4n) is 0. The van der Waals surface area contributed by atoms with E-state index in [1.807, 2.05) is 0 Å². The Balaban J connectivity index is 0. The molecular formula is C2H10N2O4S. The van der Waals surface area contributed by atoms with E-state index >= 15 is 0 Å². The lowest BCUT2D eigenvalue weighted by Crippen LogP contribution is -2.64. The summed E-state index contributed by atoms with van der Waals surface area (Å²) in [6, 6.07) is 0. The van der Waals surface area contributed by atoms with E-state index in [0.717, 1.165) is 13.1 Å². The van der Waals surface area contributed by atoms with E-state index in [4.69, 9.17) is 17.5 Å². The van der Waals surface area contributed by atoms with Crippen LogP contribution in [0.5, 0.6) is 0 Å². The van der Waals surface area contributed by atoms with Crippen LogP contribution in [-0.4, -0.2) is 30.6 Å². The first kappa shape index (κ1) is 11.6. The maximum absolute atomic E-state index is 8.52. The molecule has 0 unspecified atom stereocenters. The fourth-order valence-corrected chi connectivity index (χ4v) is 0. The minimum Gasteiger partial charge on any atom is -0.759 e. The molecule has 9 heavy (non-hydrogen) atoms. The maximum Gasteiger partial charge on any atom is 0.124 e. The molecule has 0 fully saturated rings. The van der Waals surface area contributed by atoms with Crippen molar-refractivity contribution in [1.82, 2.24) is 0 Å². The molecule has 0 heterocycles.